The quantitative estimate of drug-likeness (QED) is 0.347. The molecule has 2 nitrogen and oxygen atoms in total. The summed E-state index contributed by atoms with van der Waals surface area (Å²) in [6.45, 7) is 13.9. The summed E-state index contributed by atoms with van der Waals surface area (Å²) in [4.78, 5) is 0. The molecule has 2 aromatic rings. The molecule has 0 unspecified atom stereocenters. The Kier molecular flexibility index (Phi) is 9.13. The van der Waals surface area contributed by atoms with E-state index in [4.69, 9.17) is 4.74 Å². The van der Waals surface area contributed by atoms with Gasteiger partial charge in [0.2, 0.25) is 0 Å². The van der Waals surface area contributed by atoms with Crippen LogP contribution in [0.1, 0.15) is 110 Å². The van der Waals surface area contributed by atoms with E-state index < -0.39 is 0 Å². The summed E-state index contributed by atoms with van der Waals surface area (Å²) in [5.74, 6) is 3.94. The number of hydrogen-bond acceptors (Lipinski definition) is 2. The first kappa shape index (κ1) is 25.9. The van der Waals surface area contributed by atoms with Crippen molar-refractivity contribution in [2.45, 2.75) is 118 Å². The first-order valence-electron chi connectivity index (χ1n) is 13.6. The van der Waals surface area contributed by atoms with Gasteiger partial charge in [-0.25, -0.2) is 0 Å². The summed E-state index contributed by atoms with van der Waals surface area (Å²) in [6.07, 6.45) is 13.9. The lowest BCUT2D eigenvalue weighted by Gasteiger charge is -2.37. The second-order valence-electron chi connectivity index (χ2n) is 11.7. The van der Waals surface area contributed by atoms with E-state index in [2.05, 4.69) is 40.7 Å². The van der Waals surface area contributed by atoms with Crippen LogP contribution < -0.4 is 4.74 Å². The minimum absolute atomic E-state index is 0.107. The molecular weight excluding hydrogens is 404 g/mol. The number of phenolic OH excluding ortho intramolecular Hbond substituents is 1. The van der Waals surface area contributed by atoms with Gasteiger partial charge in [-0.1, -0.05) is 96.9 Å². The maximum atomic E-state index is 10.7. The van der Waals surface area contributed by atoms with Crippen LogP contribution in [0, 0.1) is 24.7 Å². The molecule has 0 fully saturated rings. The van der Waals surface area contributed by atoms with E-state index in [0.29, 0.717) is 5.75 Å². The van der Waals surface area contributed by atoms with Crippen LogP contribution in [0.4, 0.5) is 0 Å². The minimum atomic E-state index is -0.107. The number of phenols is 1. The SMILES string of the molecule is Cc1c2c(c3ccccc3c1O)O[C@@](C)(CCC[C@@H](C)CCC[C@@H](C)CCCC(C)C)CC2. The van der Waals surface area contributed by atoms with Gasteiger partial charge >= 0.3 is 0 Å². The molecule has 0 bridgehead atoms. The molecule has 0 saturated heterocycles. The van der Waals surface area contributed by atoms with Gasteiger partial charge in [-0.3, -0.25) is 0 Å². The standard InChI is InChI=1S/C31H48O2/c1-22(2)12-9-13-23(3)14-10-15-24(4)16-11-20-31(6)21-19-26-25(5)29(32)27-17-7-8-18-28(27)30(26)33-31/h7-8,17-18,22-24,32H,9-16,19-21H2,1-6H3/t23-,24-,31-/m0/s1. The summed E-state index contributed by atoms with van der Waals surface area (Å²) in [5.41, 5.74) is 2.07. The van der Waals surface area contributed by atoms with Crippen molar-refractivity contribution in [1.29, 1.82) is 0 Å². The zero-order valence-corrected chi connectivity index (χ0v) is 22.2. The van der Waals surface area contributed by atoms with E-state index in [1.807, 2.05) is 25.1 Å². The maximum Gasteiger partial charge on any atom is 0.131 e. The van der Waals surface area contributed by atoms with Crippen LogP contribution >= 0.6 is 0 Å². The van der Waals surface area contributed by atoms with Gasteiger partial charge in [-0.05, 0) is 62.8 Å². The fourth-order valence-electron chi connectivity index (χ4n) is 5.65. The largest absolute Gasteiger partial charge is 0.507 e. The fraction of sp³-hybridized carbons (Fsp3) is 0.677. The maximum absolute atomic E-state index is 10.7. The molecule has 0 amide bonds. The second-order valence-corrected chi connectivity index (χ2v) is 11.7. The first-order valence-corrected chi connectivity index (χ1v) is 13.6. The van der Waals surface area contributed by atoms with Crippen LogP contribution in [-0.2, 0) is 6.42 Å². The molecule has 3 atom stereocenters. The lowest BCUT2D eigenvalue weighted by atomic mass is 9.84. The molecule has 3 rings (SSSR count). The van der Waals surface area contributed by atoms with Crippen molar-refractivity contribution in [3.05, 3.63) is 35.4 Å². The predicted octanol–water partition coefficient (Wildman–Crippen LogP) is 9.38. The van der Waals surface area contributed by atoms with Crippen LogP contribution in [0.15, 0.2) is 24.3 Å². The molecule has 2 aromatic carbocycles. The summed E-state index contributed by atoms with van der Waals surface area (Å²) < 4.78 is 6.71. The Morgan fingerprint density at radius 2 is 1.45 bits per heavy atom. The molecule has 0 radical (unpaired) electrons. The molecular formula is C31H48O2. The van der Waals surface area contributed by atoms with Gasteiger partial charge in [0.1, 0.15) is 17.1 Å². The van der Waals surface area contributed by atoms with Crippen molar-refractivity contribution < 1.29 is 9.84 Å². The van der Waals surface area contributed by atoms with Gasteiger partial charge in [0, 0.05) is 16.3 Å². The van der Waals surface area contributed by atoms with Crippen molar-refractivity contribution in [3.63, 3.8) is 0 Å². The van der Waals surface area contributed by atoms with Gasteiger partial charge in [0.05, 0.1) is 0 Å². The van der Waals surface area contributed by atoms with E-state index >= 15 is 0 Å². The molecule has 0 saturated carbocycles. The van der Waals surface area contributed by atoms with Gasteiger partial charge in [0.25, 0.3) is 0 Å². The van der Waals surface area contributed by atoms with Crippen LogP contribution in [0.3, 0.4) is 0 Å². The van der Waals surface area contributed by atoms with Crippen molar-refractivity contribution in [1.82, 2.24) is 0 Å². The highest BCUT2D eigenvalue weighted by molar-refractivity contribution is 5.95. The van der Waals surface area contributed by atoms with Gasteiger partial charge < -0.3 is 9.84 Å². The highest BCUT2D eigenvalue weighted by Gasteiger charge is 2.34. The molecule has 1 N–H and O–H groups in total. The third-order valence-corrected chi connectivity index (χ3v) is 8.04. The summed E-state index contributed by atoms with van der Waals surface area (Å²) in [5, 5.41) is 12.6. The molecule has 184 valence electrons. The Morgan fingerprint density at radius 3 is 2.09 bits per heavy atom. The summed E-state index contributed by atoms with van der Waals surface area (Å²) in [6, 6.07) is 8.12. The van der Waals surface area contributed by atoms with E-state index in [1.54, 1.807) is 0 Å². The number of ether oxygens (including phenoxy) is 1. The average molecular weight is 453 g/mol. The minimum Gasteiger partial charge on any atom is -0.507 e. The van der Waals surface area contributed by atoms with Gasteiger partial charge in [-0.2, -0.15) is 0 Å². The normalized spacial score (nSPS) is 20.0. The third-order valence-electron chi connectivity index (χ3n) is 8.04. The Balaban J connectivity index is 1.46. The van der Waals surface area contributed by atoms with Crippen molar-refractivity contribution >= 4 is 10.8 Å². The van der Waals surface area contributed by atoms with E-state index in [-0.39, 0.29) is 5.60 Å². The summed E-state index contributed by atoms with van der Waals surface area (Å²) in [7, 11) is 0. The monoisotopic (exact) mass is 452 g/mol. The lowest BCUT2D eigenvalue weighted by molar-refractivity contribution is 0.0540. The molecule has 1 aliphatic rings. The van der Waals surface area contributed by atoms with Crippen molar-refractivity contribution in [2.75, 3.05) is 0 Å². The Hall–Kier alpha value is -1.70. The van der Waals surface area contributed by atoms with Crippen LogP contribution in [-0.4, -0.2) is 10.7 Å². The molecule has 33 heavy (non-hydrogen) atoms. The van der Waals surface area contributed by atoms with E-state index in [0.717, 1.165) is 59.1 Å². The Morgan fingerprint density at radius 1 is 0.879 bits per heavy atom. The molecule has 0 spiro atoms. The number of fused-ring (bicyclic) bond motifs is 3. The van der Waals surface area contributed by atoms with Crippen LogP contribution in [0.2, 0.25) is 0 Å². The van der Waals surface area contributed by atoms with Crippen LogP contribution in [0.25, 0.3) is 10.8 Å². The smallest absolute Gasteiger partial charge is 0.131 e. The van der Waals surface area contributed by atoms with Gasteiger partial charge in [0.15, 0.2) is 0 Å². The number of hydrogen-bond donors (Lipinski definition) is 1. The average Bonchev–Trinajstić information content (AvgIpc) is 2.77. The number of benzene rings is 2. The highest BCUT2D eigenvalue weighted by atomic mass is 16.5. The first-order chi connectivity index (χ1) is 15.7. The topological polar surface area (TPSA) is 29.5 Å². The Bertz CT molecular complexity index is 899. The van der Waals surface area contributed by atoms with Crippen LogP contribution in [0.5, 0.6) is 11.5 Å². The highest BCUT2D eigenvalue weighted by Crippen LogP contribution is 2.46. The lowest BCUT2D eigenvalue weighted by Crippen LogP contribution is -2.36. The fourth-order valence-corrected chi connectivity index (χ4v) is 5.65. The van der Waals surface area contributed by atoms with Crippen molar-refractivity contribution in [2.24, 2.45) is 17.8 Å². The zero-order chi connectivity index (χ0) is 24.0. The third kappa shape index (κ3) is 6.90. The molecule has 0 aliphatic carbocycles. The molecule has 1 aliphatic heterocycles. The zero-order valence-electron chi connectivity index (χ0n) is 22.2. The molecule has 1 heterocycles. The van der Waals surface area contributed by atoms with Crippen molar-refractivity contribution in [3.8, 4) is 11.5 Å². The van der Waals surface area contributed by atoms with E-state index in [9.17, 15) is 5.11 Å². The predicted molar refractivity (Wildman–Crippen MR) is 142 cm³/mol. The Labute approximate surface area is 203 Å². The van der Waals surface area contributed by atoms with Gasteiger partial charge in [-0.15, -0.1) is 0 Å². The summed E-state index contributed by atoms with van der Waals surface area (Å²) >= 11 is 0. The second kappa shape index (κ2) is 11.6. The number of rotatable bonds is 12. The number of aromatic hydroxyl groups is 1. The van der Waals surface area contributed by atoms with E-state index in [1.165, 1.54) is 56.9 Å². The molecule has 0 aromatic heterocycles. The molecule has 2 heteroatoms.